The Morgan fingerprint density at radius 1 is 1.04 bits per heavy atom. The van der Waals surface area contributed by atoms with E-state index in [1.807, 2.05) is 48.4 Å². The Bertz CT molecular complexity index is 719. The maximum absolute atomic E-state index is 12.3. The van der Waals surface area contributed by atoms with Gasteiger partial charge in [0.2, 0.25) is 5.91 Å². The van der Waals surface area contributed by atoms with Gasteiger partial charge in [0.15, 0.2) is 0 Å². The number of amides is 1. The van der Waals surface area contributed by atoms with Crippen LogP contribution in [0.25, 0.3) is 6.08 Å². The Labute approximate surface area is 163 Å². The summed E-state index contributed by atoms with van der Waals surface area (Å²) in [5.74, 6) is 0.811. The van der Waals surface area contributed by atoms with Crippen molar-refractivity contribution in [3.8, 4) is 0 Å². The average Bonchev–Trinajstić information content (AvgIpc) is 2.73. The molecule has 0 aromatic heterocycles. The smallest absolute Gasteiger partial charge is 0.246 e. The van der Waals surface area contributed by atoms with Crippen molar-refractivity contribution in [1.82, 2.24) is 9.80 Å². The van der Waals surface area contributed by atoms with Crippen molar-refractivity contribution < 1.29 is 4.79 Å². The normalized spacial score (nSPS) is 15.9. The molecule has 2 aromatic carbocycles. The largest absolute Gasteiger partial charge is 0.342 e. The standard InChI is InChI=1S/C24H30N2O/c1-25(24(27)13-12-21-8-4-2-5-9-21)17-14-22-15-18-26(19-16-22)20-23-10-6-3-7-11-23/h2-13,22H,14-20H2,1H3/b13-12+. The Morgan fingerprint density at radius 2 is 1.67 bits per heavy atom. The summed E-state index contributed by atoms with van der Waals surface area (Å²) in [7, 11) is 1.90. The first-order chi connectivity index (χ1) is 13.2. The maximum Gasteiger partial charge on any atom is 0.246 e. The van der Waals surface area contributed by atoms with Gasteiger partial charge in [0.25, 0.3) is 0 Å². The molecule has 0 radical (unpaired) electrons. The first-order valence-corrected chi connectivity index (χ1v) is 9.95. The van der Waals surface area contributed by atoms with Gasteiger partial charge in [-0.1, -0.05) is 60.7 Å². The lowest BCUT2D eigenvalue weighted by Crippen LogP contribution is -2.35. The SMILES string of the molecule is CN(CCC1CCN(Cc2ccccc2)CC1)C(=O)/C=C/c1ccccc1. The summed E-state index contributed by atoms with van der Waals surface area (Å²) in [5, 5.41) is 0. The molecule has 3 rings (SSSR count). The molecule has 1 heterocycles. The third-order valence-electron chi connectivity index (χ3n) is 5.42. The lowest BCUT2D eigenvalue weighted by Gasteiger charge is -2.32. The summed E-state index contributed by atoms with van der Waals surface area (Å²) >= 11 is 0. The van der Waals surface area contributed by atoms with Crippen molar-refractivity contribution in [3.05, 3.63) is 77.9 Å². The Hall–Kier alpha value is -2.39. The highest BCUT2D eigenvalue weighted by atomic mass is 16.2. The molecular formula is C24H30N2O. The minimum atomic E-state index is 0.0837. The van der Waals surface area contributed by atoms with Crippen LogP contribution in [0, 0.1) is 5.92 Å². The van der Waals surface area contributed by atoms with Crippen LogP contribution < -0.4 is 0 Å². The molecule has 1 saturated heterocycles. The van der Waals surface area contributed by atoms with Gasteiger partial charge in [0.1, 0.15) is 0 Å². The first kappa shape index (κ1) is 19.4. The number of rotatable bonds is 7. The number of nitrogens with zero attached hydrogens (tertiary/aromatic N) is 2. The van der Waals surface area contributed by atoms with Crippen molar-refractivity contribution in [2.24, 2.45) is 5.92 Å². The summed E-state index contributed by atoms with van der Waals surface area (Å²) in [6, 6.07) is 20.7. The number of hydrogen-bond acceptors (Lipinski definition) is 2. The number of carbonyl (C=O) groups is 1. The van der Waals surface area contributed by atoms with Gasteiger partial charge in [-0.3, -0.25) is 9.69 Å². The van der Waals surface area contributed by atoms with E-state index >= 15 is 0 Å². The quantitative estimate of drug-likeness (QED) is 0.679. The van der Waals surface area contributed by atoms with Crippen LogP contribution in [-0.2, 0) is 11.3 Å². The van der Waals surface area contributed by atoms with Gasteiger partial charge >= 0.3 is 0 Å². The number of likely N-dealkylation sites (tertiary alicyclic amines) is 1. The van der Waals surface area contributed by atoms with Gasteiger partial charge in [0.05, 0.1) is 0 Å². The number of benzene rings is 2. The molecule has 1 fully saturated rings. The summed E-state index contributed by atoms with van der Waals surface area (Å²) < 4.78 is 0. The zero-order valence-corrected chi connectivity index (χ0v) is 16.3. The van der Waals surface area contributed by atoms with Crippen molar-refractivity contribution >= 4 is 12.0 Å². The molecule has 0 bridgehead atoms. The van der Waals surface area contributed by atoms with Crippen molar-refractivity contribution in [2.45, 2.75) is 25.8 Å². The van der Waals surface area contributed by atoms with Crippen LogP contribution >= 0.6 is 0 Å². The second kappa shape index (κ2) is 10.1. The second-order valence-electron chi connectivity index (χ2n) is 7.50. The second-order valence-corrected chi connectivity index (χ2v) is 7.50. The van der Waals surface area contributed by atoms with E-state index in [1.165, 1.54) is 18.4 Å². The number of piperidine rings is 1. The van der Waals surface area contributed by atoms with Crippen LogP contribution in [0.5, 0.6) is 0 Å². The summed E-state index contributed by atoms with van der Waals surface area (Å²) in [4.78, 5) is 16.7. The minimum Gasteiger partial charge on any atom is -0.342 e. The van der Waals surface area contributed by atoms with Crippen LogP contribution in [0.1, 0.15) is 30.4 Å². The molecule has 3 nitrogen and oxygen atoms in total. The predicted octanol–water partition coefficient (Wildman–Crippen LogP) is 4.46. The fourth-order valence-electron chi connectivity index (χ4n) is 3.62. The van der Waals surface area contributed by atoms with Gasteiger partial charge in [-0.15, -0.1) is 0 Å². The lowest BCUT2D eigenvalue weighted by atomic mass is 9.93. The van der Waals surface area contributed by atoms with Crippen LogP contribution in [0.15, 0.2) is 66.7 Å². The summed E-state index contributed by atoms with van der Waals surface area (Å²) in [6.07, 6.45) is 7.13. The Kier molecular flexibility index (Phi) is 7.23. The van der Waals surface area contributed by atoms with E-state index < -0.39 is 0 Å². The van der Waals surface area contributed by atoms with Gasteiger partial charge in [-0.25, -0.2) is 0 Å². The molecule has 27 heavy (non-hydrogen) atoms. The van der Waals surface area contributed by atoms with Crippen LogP contribution in [0.2, 0.25) is 0 Å². The predicted molar refractivity (Wildman–Crippen MR) is 112 cm³/mol. The van der Waals surface area contributed by atoms with E-state index in [0.29, 0.717) is 0 Å². The number of likely N-dealkylation sites (N-methyl/N-ethyl adjacent to an activating group) is 1. The molecule has 0 unspecified atom stereocenters. The van der Waals surface area contributed by atoms with Crippen molar-refractivity contribution in [3.63, 3.8) is 0 Å². The molecule has 0 saturated carbocycles. The van der Waals surface area contributed by atoms with Crippen LogP contribution in [0.4, 0.5) is 0 Å². The van der Waals surface area contributed by atoms with Crippen molar-refractivity contribution in [2.75, 3.05) is 26.7 Å². The zero-order chi connectivity index (χ0) is 18.9. The molecule has 2 aromatic rings. The van der Waals surface area contributed by atoms with E-state index in [9.17, 15) is 4.79 Å². The molecule has 0 atom stereocenters. The molecule has 3 heteroatoms. The molecule has 1 amide bonds. The summed E-state index contributed by atoms with van der Waals surface area (Å²) in [6.45, 7) is 4.20. The summed E-state index contributed by atoms with van der Waals surface area (Å²) in [5.41, 5.74) is 2.46. The molecule has 1 aliphatic heterocycles. The fraction of sp³-hybridized carbons (Fsp3) is 0.375. The first-order valence-electron chi connectivity index (χ1n) is 9.95. The van der Waals surface area contributed by atoms with E-state index in [1.54, 1.807) is 6.08 Å². The van der Waals surface area contributed by atoms with Crippen LogP contribution in [0.3, 0.4) is 0 Å². The highest BCUT2D eigenvalue weighted by Gasteiger charge is 2.20. The molecule has 0 spiro atoms. The van der Waals surface area contributed by atoms with Gasteiger partial charge in [-0.2, -0.15) is 0 Å². The van der Waals surface area contributed by atoms with Gasteiger partial charge in [-0.05, 0) is 55.5 Å². The Balaban J connectivity index is 1.36. The zero-order valence-electron chi connectivity index (χ0n) is 16.3. The van der Waals surface area contributed by atoms with Crippen LogP contribution in [-0.4, -0.2) is 42.4 Å². The topological polar surface area (TPSA) is 23.6 Å². The van der Waals surface area contributed by atoms with E-state index in [4.69, 9.17) is 0 Å². The third kappa shape index (κ3) is 6.37. The molecule has 0 N–H and O–H groups in total. The fourth-order valence-corrected chi connectivity index (χ4v) is 3.62. The molecule has 142 valence electrons. The monoisotopic (exact) mass is 362 g/mol. The third-order valence-corrected chi connectivity index (χ3v) is 5.42. The number of hydrogen-bond donors (Lipinski definition) is 0. The molecule has 0 aliphatic carbocycles. The minimum absolute atomic E-state index is 0.0837. The lowest BCUT2D eigenvalue weighted by molar-refractivity contribution is -0.124. The maximum atomic E-state index is 12.3. The van der Waals surface area contributed by atoms with Crippen molar-refractivity contribution in [1.29, 1.82) is 0 Å². The average molecular weight is 363 g/mol. The van der Waals surface area contributed by atoms with E-state index in [0.717, 1.165) is 44.1 Å². The van der Waals surface area contributed by atoms with Gasteiger partial charge < -0.3 is 4.90 Å². The Morgan fingerprint density at radius 3 is 2.33 bits per heavy atom. The number of carbonyl (C=O) groups excluding carboxylic acids is 1. The molecular weight excluding hydrogens is 332 g/mol. The van der Waals surface area contributed by atoms with E-state index in [-0.39, 0.29) is 5.91 Å². The highest BCUT2D eigenvalue weighted by Crippen LogP contribution is 2.22. The molecule has 1 aliphatic rings. The van der Waals surface area contributed by atoms with E-state index in [2.05, 4.69) is 35.2 Å². The van der Waals surface area contributed by atoms with Gasteiger partial charge in [0, 0.05) is 26.2 Å². The highest BCUT2D eigenvalue weighted by molar-refractivity contribution is 5.91.